The number of aryl methyl sites for hydroxylation is 1. The third kappa shape index (κ3) is 2.57. The monoisotopic (exact) mass is 370 g/mol. The summed E-state index contributed by atoms with van der Waals surface area (Å²) in [5.41, 5.74) is 5.88. The maximum atomic E-state index is 12.6. The highest BCUT2D eigenvalue weighted by Crippen LogP contribution is 2.33. The Balaban J connectivity index is 1.81. The number of nitrogens with zero attached hydrogens (tertiary/aromatic N) is 5. The Bertz CT molecular complexity index is 1190. The summed E-state index contributed by atoms with van der Waals surface area (Å²) in [6.07, 6.45) is 0. The number of benzene rings is 1. The lowest BCUT2D eigenvalue weighted by molar-refractivity contribution is -0.119. The highest BCUT2D eigenvalue weighted by atomic mass is 16.5. The van der Waals surface area contributed by atoms with Crippen LogP contribution in [-0.4, -0.2) is 37.7 Å². The minimum absolute atomic E-state index is 0.208. The molecule has 1 amide bonds. The third-order valence-electron chi connectivity index (χ3n) is 4.63. The number of imidazole rings is 1. The van der Waals surface area contributed by atoms with E-state index in [1.54, 1.807) is 25.2 Å². The molecule has 0 aliphatic carbocycles. The number of hydrogen-bond acceptors (Lipinski definition) is 6. The molecule has 0 radical (unpaired) electrons. The average molecular weight is 370 g/mol. The zero-order chi connectivity index (χ0) is 19.3. The van der Waals surface area contributed by atoms with Crippen molar-refractivity contribution in [3.63, 3.8) is 0 Å². The first kappa shape index (κ1) is 16.9. The molecular weight excluding hydrogens is 352 g/mol. The lowest BCUT2D eigenvalue weighted by Crippen LogP contribution is -2.37. The van der Waals surface area contributed by atoms with Gasteiger partial charge in [-0.15, -0.1) is 0 Å². The second-order valence-corrected chi connectivity index (χ2v) is 6.35. The van der Waals surface area contributed by atoms with E-state index in [0.29, 0.717) is 36.0 Å². The highest BCUT2D eigenvalue weighted by Gasteiger charge is 2.28. The first-order chi connectivity index (χ1) is 12.9. The van der Waals surface area contributed by atoms with Gasteiger partial charge in [0.1, 0.15) is 5.75 Å². The van der Waals surface area contributed by atoms with Gasteiger partial charge in [-0.05, 0) is 12.1 Å². The van der Waals surface area contributed by atoms with Gasteiger partial charge in [0.15, 0.2) is 17.8 Å². The molecule has 0 atom stereocenters. The zero-order valence-electron chi connectivity index (χ0n) is 14.9. The van der Waals surface area contributed by atoms with Crippen LogP contribution in [0.4, 0.5) is 11.6 Å². The van der Waals surface area contributed by atoms with Gasteiger partial charge in [-0.1, -0.05) is 6.07 Å². The number of ether oxygens (including phenoxy) is 1. The summed E-state index contributed by atoms with van der Waals surface area (Å²) in [6, 6.07) is 7.18. The third-order valence-corrected chi connectivity index (χ3v) is 4.63. The molecule has 1 aliphatic rings. The van der Waals surface area contributed by atoms with E-state index >= 15 is 0 Å². The number of fused-ring (bicyclic) bond motifs is 3. The zero-order valence-corrected chi connectivity index (χ0v) is 14.9. The van der Waals surface area contributed by atoms with E-state index in [-0.39, 0.29) is 12.2 Å². The molecule has 0 spiro atoms. The molecule has 2 aromatic heterocycles. The van der Waals surface area contributed by atoms with Crippen LogP contribution in [0.25, 0.3) is 11.2 Å². The van der Waals surface area contributed by atoms with Gasteiger partial charge in [0.2, 0.25) is 5.95 Å². The molecule has 0 fully saturated rings. The molecule has 0 saturated carbocycles. The summed E-state index contributed by atoms with van der Waals surface area (Å²) in [5.74, 6) is 0.527. The van der Waals surface area contributed by atoms with Crippen LogP contribution in [0.15, 0.2) is 33.9 Å². The summed E-state index contributed by atoms with van der Waals surface area (Å²) >= 11 is 0. The molecule has 0 saturated heterocycles. The molecule has 10 nitrogen and oxygen atoms in total. The van der Waals surface area contributed by atoms with Crippen molar-refractivity contribution in [2.45, 2.75) is 6.54 Å². The molecule has 10 heteroatoms. The number of rotatable bonds is 4. The van der Waals surface area contributed by atoms with Crippen molar-refractivity contribution in [1.82, 2.24) is 18.7 Å². The summed E-state index contributed by atoms with van der Waals surface area (Å²) in [6.45, 7) is 0.968. The first-order valence-corrected chi connectivity index (χ1v) is 8.33. The Morgan fingerprint density at radius 2 is 2.00 bits per heavy atom. The van der Waals surface area contributed by atoms with Gasteiger partial charge in [-0.25, -0.2) is 4.79 Å². The molecule has 140 valence electrons. The van der Waals surface area contributed by atoms with Crippen LogP contribution < -0.4 is 26.6 Å². The quantitative estimate of drug-likeness (QED) is 0.658. The van der Waals surface area contributed by atoms with E-state index in [1.165, 1.54) is 11.6 Å². The van der Waals surface area contributed by atoms with Crippen LogP contribution in [0.1, 0.15) is 0 Å². The largest absolute Gasteiger partial charge is 0.484 e. The van der Waals surface area contributed by atoms with Crippen LogP contribution >= 0.6 is 0 Å². The minimum atomic E-state index is -0.555. The predicted octanol–water partition coefficient (Wildman–Crippen LogP) is -0.550. The number of primary amides is 1. The van der Waals surface area contributed by atoms with Crippen molar-refractivity contribution in [3.05, 3.63) is 45.1 Å². The van der Waals surface area contributed by atoms with E-state index in [1.807, 2.05) is 15.5 Å². The highest BCUT2D eigenvalue weighted by molar-refractivity contribution is 5.78. The molecule has 2 N–H and O–H groups in total. The predicted molar refractivity (Wildman–Crippen MR) is 98.4 cm³/mol. The Kier molecular flexibility index (Phi) is 3.76. The smallest absolute Gasteiger partial charge is 0.332 e. The van der Waals surface area contributed by atoms with Gasteiger partial charge in [-0.3, -0.25) is 18.7 Å². The maximum absolute atomic E-state index is 12.6. The van der Waals surface area contributed by atoms with E-state index in [2.05, 4.69) is 4.98 Å². The fourth-order valence-electron chi connectivity index (χ4n) is 3.29. The molecule has 27 heavy (non-hydrogen) atoms. The maximum Gasteiger partial charge on any atom is 0.332 e. The number of aromatic nitrogens is 4. The lowest BCUT2D eigenvalue weighted by atomic mass is 10.3. The van der Waals surface area contributed by atoms with Crippen molar-refractivity contribution in [2.24, 2.45) is 19.8 Å². The summed E-state index contributed by atoms with van der Waals surface area (Å²) < 4.78 is 9.62. The average Bonchev–Trinajstić information content (AvgIpc) is 3.22. The fourth-order valence-corrected chi connectivity index (χ4v) is 3.29. The Morgan fingerprint density at radius 1 is 1.22 bits per heavy atom. The van der Waals surface area contributed by atoms with Crippen molar-refractivity contribution >= 4 is 28.7 Å². The van der Waals surface area contributed by atoms with E-state index in [0.717, 1.165) is 10.3 Å². The number of anilines is 2. The van der Waals surface area contributed by atoms with Crippen molar-refractivity contribution in [3.8, 4) is 5.75 Å². The van der Waals surface area contributed by atoms with Gasteiger partial charge < -0.3 is 19.9 Å². The second-order valence-electron chi connectivity index (χ2n) is 6.35. The Hall–Kier alpha value is -3.56. The van der Waals surface area contributed by atoms with Crippen molar-refractivity contribution < 1.29 is 9.53 Å². The van der Waals surface area contributed by atoms with Crippen LogP contribution in [0.3, 0.4) is 0 Å². The van der Waals surface area contributed by atoms with Gasteiger partial charge in [-0.2, -0.15) is 4.98 Å². The molecule has 1 aliphatic heterocycles. The van der Waals surface area contributed by atoms with E-state index < -0.39 is 11.6 Å². The molecule has 1 aromatic carbocycles. The lowest BCUT2D eigenvalue weighted by Gasteiger charge is -2.17. The number of carbonyl (C=O) groups is 1. The molecule has 3 aromatic rings. The fraction of sp³-hybridized carbons (Fsp3) is 0.294. The number of amides is 1. The summed E-state index contributed by atoms with van der Waals surface area (Å²) in [5, 5.41) is 0. The molecule has 0 bridgehead atoms. The van der Waals surface area contributed by atoms with E-state index in [9.17, 15) is 14.4 Å². The standard InChI is InChI=1S/C17H18N6O4/c1-20-14-13(15(25)21(2)17(20)26)23-7-6-22(16(23)19-14)10-4-3-5-11(8-10)27-9-12(18)24/h3-5,8H,6-7,9H2,1-2H3,(H2,18,24). The van der Waals surface area contributed by atoms with Crippen LogP contribution in [0.5, 0.6) is 5.75 Å². The number of hydrogen-bond donors (Lipinski definition) is 1. The molecule has 3 heterocycles. The first-order valence-electron chi connectivity index (χ1n) is 8.33. The van der Waals surface area contributed by atoms with Gasteiger partial charge >= 0.3 is 5.69 Å². The number of carbonyl (C=O) groups excluding carboxylic acids is 1. The Labute approximate surface area is 153 Å². The SMILES string of the molecule is Cn1c(=O)c2c(nc3n2CCN3c2cccc(OCC(N)=O)c2)n(C)c1=O. The molecule has 4 rings (SSSR count). The van der Waals surface area contributed by atoms with Crippen molar-refractivity contribution in [2.75, 3.05) is 18.1 Å². The van der Waals surface area contributed by atoms with Crippen LogP contribution in [0, 0.1) is 0 Å². The normalized spacial score (nSPS) is 13.2. The summed E-state index contributed by atoms with van der Waals surface area (Å²) in [7, 11) is 3.05. The molecule has 0 unspecified atom stereocenters. The second kappa shape index (κ2) is 6.01. The van der Waals surface area contributed by atoms with E-state index in [4.69, 9.17) is 10.5 Å². The number of nitrogens with two attached hydrogens (primary N) is 1. The molecular formula is C17H18N6O4. The minimum Gasteiger partial charge on any atom is -0.484 e. The van der Waals surface area contributed by atoms with Crippen LogP contribution in [0.2, 0.25) is 0 Å². The van der Waals surface area contributed by atoms with Gasteiger partial charge in [0, 0.05) is 38.9 Å². The van der Waals surface area contributed by atoms with Gasteiger partial charge in [0.25, 0.3) is 11.5 Å². The van der Waals surface area contributed by atoms with Crippen molar-refractivity contribution in [1.29, 1.82) is 0 Å². The summed E-state index contributed by atoms with van der Waals surface area (Å²) in [4.78, 5) is 42.1. The van der Waals surface area contributed by atoms with Gasteiger partial charge in [0.05, 0.1) is 0 Å². The van der Waals surface area contributed by atoms with Crippen LogP contribution in [-0.2, 0) is 25.4 Å². The Morgan fingerprint density at radius 3 is 2.74 bits per heavy atom. The topological polar surface area (TPSA) is 117 Å².